The van der Waals surface area contributed by atoms with Crippen LogP contribution in [-0.2, 0) is 4.74 Å². The Kier molecular flexibility index (Phi) is 6.50. The Labute approximate surface area is 135 Å². The van der Waals surface area contributed by atoms with Crippen LogP contribution >= 0.6 is 0 Å². The van der Waals surface area contributed by atoms with Crippen molar-refractivity contribution in [3.05, 3.63) is 0 Å². The monoisotopic (exact) mass is 311 g/mol. The maximum atomic E-state index is 12.5. The molecule has 0 aromatic heterocycles. The number of carbonyl (C=O) groups is 1. The minimum Gasteiger partial charge on any atom is -0.443 e. The third kappa shape index (κ3) is 5.76. The molecular weight excluding hydrogens is 278 g/mol. The van der Waals surface area contributed by atoms with Gasteiger partial charge >= 0.3 is 6.09 Å². The van der Waals surface area contributed by atoms with E-state index < -0.39 is 0 Å². The molecule has 0 saturated carbocycles. The Balaban J connectivity index is 1.82. The lowest BCUT2D eigenvalue weighted by molar-refractivity contribution is -0.000845. The highest BCUT2D eigenvalue weighted by Gasteiger charge is 2.30. The van der Waals surface area contributed by atoms with Crippen LogP contribution in [-0.4, -0.2) is 67.8 Å². The summed E-state index contributed by atoms with van der Waals surface area (Å²) in [5, 5.41) is 3.49. The summed E-state index contributed by atoms with van der Waals surface area (Å²) in [6.07, 6.45) is 5.61. The number of ether oxygens (including phenoxy) is 1. The molecule has 2 fully saturated rings. The highest BCUT2D eigenvalue weighted by Crippen LogP contribution is 2.26. The standard InChI is InChI=1S/C17H33N3O2/c1-17(2,13-15-7-4-5-8-18-14-15)22-16(21)20-10-6-9-19(3)11-12-20/h15,18H,4-14H2,1-3H3. The molecule has 22 heavy (non-hydrogen) atoms. The lowest BCUT2D eigenvalue weighted by Gasteiger charge is -2.32. The summed E-state index contributed by atoms with van der Waals surface area (Å²) in [7, 11) is 2.11. The van der Waals surface area contributed by atoms with Crippen molar-refractivity contribution < 1.29 is 9.53 Å². The minimum atomic E-state index is -0.383. The van der Waals surface area contributed by atoms with Crippen molar-refractivity contribution in [2.24, 2.45) is 5.92 Å². The lowest BCUT2D eigenvalue weighted by Crippen LogP contribution is -2.41. The van der Waals surface area contributed by atoms with Crippen molar-refractivity contribution in [1.82, 2.24) is 15.1 Å². The molecule has 2 aliphatic rings. The largest absolute Gasteiger partial charge is 0.443 e. The van der Waals surface area contributed by atoms with Gasteiger partial charge in [0, 0.05) is 19.6 Å². The van der Waals surface area contributed by atoms with Gasteiger partial charge in [-0.3, -0.25) is 0 Å². The van der Waals surface area contributed by atoms with Gasteiger partial charge in [0.05, 0.1) is 0 Å². The van der Waals surface area contributed by atoms with Crippen LogP contribution in [0.3, 0.4) is 0 Å². The molecule has 128 valence electrons. The molecule has 2 rings (SSSR count). The number of nitrogens with zero attached hydrogens (tertiary/aromatic N) is 2. The van der Waals surface area contributed by atoms with Crippen LogP contribution in [0.25, 0.3) is 0 Å². The predicted molar refractivity (Wildman–Crippen MR) is 89.1 cm³/mol. The number of hydrogen-bond donors (Lipinski definition) is 1. The number of hydrogen-bond acceptors (Lipinski definition) is 4. The zero-order valence-corrected chi connectivity index (χ0v) is 14.6. The fraction of sp³-hybridized carbons (Fsp3) is 0.941. The molecule has 2 heterocycles. The van der Waals surface area contributed by atoms with Crippen molar-refractivity contribution in [1.29, 1.82) is 0 Å². The molecule has 1 N–H and O–H groups in total. The van der Waals surface area contributed by atoms with E-state index in [-0.39, 0.29) is 11.7 Å². The summed E-state index contributed by atoms with van der Waals surface area (Å²) < 4.78 is 5.85. The quantitative estimate of drug-likeness (QED) is 0.869. The molecule has 2 saturated heterocycles. The fourth-order valence-electron chi connectivity index (χ4n) is 3.53. The second-order valence-electron chi connectivity index (χ2n) is 7.54. The first-order chi connectivity index (χ1) is 10.5. The average molecular weight is 311 g/mol. The van der Waals surface area contributed by atoms with Gasteiger partial charge in [-0.15, -0.1) is 0 Å². The number of carbonyl (C=O) groups excluding carboxylic acids is 1. The van der Waals surface area contributed by atoms with Gasteiger partial charge in [-0.25, -0.2) is 4.79 Å². The van der Waals surface area contributed by atoms with Crippen LogP contribution in [0.15, 0.2) is 0 Å². The van der Waals surface area contributed by atoms with Crippen molar-refractivity contribution >= 4 is 6.09 Å². The summed E-state index contributed by atoms with van der Waals surface area (Å²) >= 11 is 0. The second-order valence-corrected chi connectivity index (χ2v) is 7.54. The van der Waals surface area contributed by atoms with Gasteiger partial charge < -0.3 is 19.9 Å². The van der Waals surface area contributed by atoms with E-state index in [2.05, 4.69) is 31.1 Å². The average Bonchev–Trinajstić information content (AvgIpc) is 2.80. The van der Waals surface area contributed by atoms with Gasteiger partial charge in [-0.05, 0) is 72.1 Å². The highest BCUT2D eigenvalue weighted by molar-refractivity contribution is 5.68. The van der Waals surface area contributed by atoms with E-state index in [0.29, 0.717) is 5.92 Å². The van der Waals surface area contributed by atoms with E-state index in [4.69, 9.17) is 4.74 Å². The predicted octanol–water partition coefficient (Wildman–Crippen LogP) is 2.32. The molecule has 0 radical (unpaired) electrons. The zero-order chi connectivity index (χ0) is 16.0. The second kappa shape index (κ2) is 8.16. The van der Waals surface area contributed by atoms with E-state index in [1.807, 2.05) is 4.90 Å². The highest BCUT2D eigenvalue weighted by atomic mass is 16.6. The summed E-state index contributed by atoms with van der Waals surface area (Å²) in [6, 6.07) is 0. The van der Waals surface area contributed by atoms with Crippen LogP contribution in [0.2, 0.25) is 0 Å². The first-order valence-corrected chi connectivity index (χ1v) is 8.83. The van der Waals surface area contributed by atoms with Gasteiger partial charge in [-0.2, -0.15) is 0 Å². The zero-order valence-electron chi connectivity index (χ0n) is 14.6. The van der Waals surface area contributed by atoms with Crippen LogP contribution in [0.4, 0.5) is 4.79 Å². The minimum absolute atomic E-state index is 0.137. The molecule has 5 nitrogen and oxygen atoms in total. The van der Waals surface area contributed by atoms with Crippen LogP contribution in [0.1, 0.15) is 46.0 Å². The number of nitrogens with one attached hydrogen (secondary N) is 1. The maximum absolute atomic E-state index is 12.5. The van der Waals surface area contributed by atoms with E-state index in [9.17, 15) is 4.79 Å². The Morgan fingerprint density at radius 3 is 2.82 bits per heavy atom. The third-order valence-electron chi connectivity index (χ3n) is 4.77. The van der Waals surface area contributed by atoms with Crippen molar-refractivity contribution in [3.8, 4) is 0 Å². The smallest absolute Gasteiger partial charge is 0.410 e. The Morgan fingerprint density at radius 2 is 2.00 bits per heavy atom. The molecule has 1 amide bonds. The van der Waals surface area contributed by atoms with E-state index in [1.165, 1.54) is 19.3 Å². The van der Waals surface area contributed by atoms with Crippen molar-refractivity contribution in [2.45, 2.75) is 51.6 Å². The number of rotatable bonds is 3. The molecule has 0 aliphatic carbocycles. The topological polar surface area (TPSA) is 44.8 Å². The molecule has 0 bridgehead atoms. The molecule has 0 spiro atoms. The molecular formula is C17H33N3O2. The molecule has 1 unspecified atom stereocenters. The van der Waals surface area contributed by atoms with Gasteiger partial charge in [0.15, 0.2) is 0 Å². The maximum Gasteiger partial charge on any atom is 0.410 e. The Hall–Kier alpha value is -0.810. The first-order valence-electron chi connectivity index (χ1n) is 8.83. The molecule has 0 aromatic rings. The number of amides is 1. The van der Waals surface area contributed by atoms with Crippen molar-refractivity contribution in [2.75, 3.05) is 46.3 Å². The Bertz CT molecular complexity index is 352. The molecule has 0 aromatic carbocycles. The van der Waals surface area contributed by atoms with Crippen molar-refractivity contribution in [3.63, 3.8) is 0 Å². The van der Waals surface area contributed by atoms with Gasteiger partial charge in [-0.1, -0.05) is 6.42 Å². The van der Waals surface area contributed by atoms with Gasteiger partial charge in [0.25, 0.3) is 0 Å². The van der Waals surface area contributed by atoms with E-state index in [0.717, 1.165) is 52.1 Å². The van der Waals surface area contributed by atoms with Crippen LogP contribution in [0.5, 0.6) is 0 Å². The van der Waals surface area contributed by atoms with Crippen LogP contribution in [0, 0.1) is 5.92 Å². The normalized spacial score (nSPS) is 25.4. The lowest BCUT2D eigenvalue weighted by atomic mass is 9.90. The molecule has 1 atom stereocenters. The summed E-state index contributed by atoms with van der Waals surface area (Å²) in [4.78, 5) is 16.6. The number of likely N-dealkylation sites (N-methyl/N-ethyl adjacent to an activating group) is 1. The summed E-state index contributed by atoms with van der Waals surface area (Å²) in [5.41, 5.74) is -0.383. The fourth-order valence-corrected chi connectivity index (χ4v) is 3.53. The molecule has 5 heteroatoms. The van der Waals surface area contributed by atoms with E-state index >= 15 is 0 Å². The molecule has 2 aliphatic heterocycles. The van der Waals surface area contributed by atoms with Crippen LogP contribution < -0.4 is 5.32 Å². The summed E-state index contributed by atoms with van der Waals surface area (Å²) in [5.74, 6) is 0.612. The van der Waals surface area contributed by atoms with E-state index in [1.54, 1.807) is 0 Å². The van der Waals surface area contributed by atoms with Gasteiger partial charge in [0.1, 0.15) is 5.60 Å². The SMILES string of the molecule is CN1CCCN(C(=O)OC(C)(C)CC2CCCCNC2)CC1. The first kappa shape index (κ1) is 17.5. The van der Waals surface area contributed by atoms with Gasteiger partial charge in [0.2, 0.25) is 0 Å². The third-order valence-corrected chi connectivity index (χ3v) is 4.77. The Morgan fingerprint density at radius 1 is 1.18 bits per heavy atom. The summed E-state index contributed by atoms with van der Waals surface area (Å²) in [6.45, 7) is 9.86.